The third-order valence-corrected chi connectivity index (χ3v) is 3.21. The van der Waals surface area contributed by atoms with Crippen LogP contribution in [0.4, 0.5) is 5.69 Å². The summed E-state index contributed by atoms with van der Waals surface area (Å²) < 4.78 is 32.0. The average Bonchev–Trinajstić information content (AvgIpc) is 2.55. The Balaban J connectivity index is 2.51. The van der Waals surface area contributed by atoms with E-state index in [4.69, 9.17) is 4.55 Å². The van der Waals surface area contributed by atoms with Gasteiger partial charge in [-0.15, -0.1) is 0 Å². The van der Waals surface area contributed by atoms with Crippen LogP contribution in [0.2, 0.25) is 0 Å². The van der Waals surface area contributed by atoms with Crippen LogP contribution in [-0.4, -0.2) is 13.0 Å². The van der Waals surface area contributed by atoms with Crippen LogP contribution in [0.3, 0.4) is 0 Å². The summed E-state index contributed by atoms with van der Waals surface area (Å²) in [4.78, 5) is 0. The van der Waals surface area contributed by atoms with Crippen LogP contribution >= 0.6 is 0 Å². The van der Waals surface area contributed by atoms with E-state index in [1.165, 1.54) is 0 Å². The molecule has 0 spiro atoms. The van der Waals surface area contributed by atoms with E-state index in [-0.39, 0.29) is 6.04 Å². The topological polar surface area (TPSA) is 69.6 Å². The Hall–Kier alpha value is -1.11. The summed E-state index contributed by atoms with van der Waals surface area (Å²) in [5, 5.41) is 0. The lowest BCUT2D eigenvalue weighted by molar-refractivity contribution is 0.461. The maximum atomic E-state index is 11.1. The van der Waals surface area contributed by atoms with Gasteiger partial charge in [0.1, 0.15) is 0 Å². The number of rotatable bonds is 2. The van der Waals surface area contributed by atoms with Gasteiger partial charge in [-0.3, -0.25) is 4.55 Å². The van der Waals surface area contributed by atoms with Crippen molar-refractivity contribution in [3.8, 4) is 0 Å². The molecule has 0 aromatic heterocycles. The molecule has 1 aromatic carbocycles. The average molecular weight is 228 g/mol. The lowest BCUT2D eigenvalue weighted by Crippen LogP contribution is -2.39. The van der Waals surface area contributed by atoms with Crippen LogP contribution in [0.1, 0.15) is 24.9 Å². The van der Waals surface area contributed by atoms with Gasteiger partial charge >= 0.3 is 10.3 Å². The molecule has 6 heteroatoms. The second-order valence-corrected chi connectivity index (χ2v) is 4.65. The number of hydrogen-bond donors (Lipinski definition) is 2. The number of benzene rings is 1. The summed E-state index contributed by atoms with van der Waals surface area (Å²) in [5.41, 5.74) is 4.12. The van der Waals surface area contributed by atoms with Crippen LogP contribution < -0.4 is 9.84 Å². The molecule has 0 radical (unpaired) electrons. The van der Waals surface area contributed by atoms with Crippen molar-refractivity contribution in [1.29, 1.82) is 0 Å². The van der Waals surface area contributed by atoms with Crippen molar-refractivity contribution in [3.05, 3.63) is 29.8 Å². The Morgan fingerprint density at radius 1 is 1.47 bits per heavy atom. The van der Waals surface area contributed by atoms with Gasteiger partial charge in [0, 0.05) is 0 Å². The molecule has 5 nitrogen and oxygen atoms in total. The van der Waals surface area contributed by atoms with E-state index in [0.717, 1.165) is 16.4 Å². The number of hydrazine groups is 1. The van der Waals surface area contributed by atoms with E-state index in [2.05, 4.69) is 5.43 Å². The monoisotopic (exact) mass is 228 g/mol. The van der Waals surface area contributed by atoms with Crippen LogP contribution in [0.15, 0.2) is 24.3 Å². The minimum Gasteiger partial charge on any atom is -0.268 e. The zero-order chi connectivity index (χ0) is 11.1. The smallest absolute Gasteiger partial charge is 0.268 e. The number of hydrogen-bond acceptors (Lipinski definition) is 3. The van der Waals surface area contributed by atoms with E-state index in [1.807, 2.05) is 19.1 Å². The molecule has 1 heterocycles. The Morgan fingerprint density at radius 2 is 2.13 bits per heavy atom. The minimum absolute atomic E-state index is 0.0666. The molecule has 1 atom stereocenters. The fourth-order valence-corrected chi connectivity index (χ4v) is 2.43. The van der Waals surface area contributed by atoms with Gasteiger partial charge in [-0.1, -0.05) is 25.1 Å². The molecule has 15 heavy (non-hydrogen) atoms. The van der Waals surface area contributed by atoms with Crippen molar-refractivity contribution in [1.82, 2.24) is 5.43 Å². The van der Waals surface area contributed by atoms with E-state index in [0.29, 0.717) is 5.69 Å². The predicted molar refractivity (Wildman–Crippen MR) is 56.6 cm³/mol. The van der Waals surface area contributed by atoms with Crippen LogP contribution in [-0.2, 0) is 10.3 Å². The summed E-state index contributed by atoms with van der Waals surface area (Å²) >= 11 is 0. The largest absolute Gasteiger partial charge is 0.373 e. The van der Waals surface area contributed by atoms with Gasteiger partial charge in [0.05, 0.1) is 11.7 Å². The first-order valence-corrected chi connectivity index (χ1v) is 6.06. The Bertz CT molecular complexity index is 472. The van der Waals surface area contributed by atoms with Crippen molar-refractivity contribution >= 4 is 16.0 Å². The first-order chi connectivity index (χ1) is 7.04. The molecule has 1 aliphatic rings. The normalized spacial score (nSPS) is 20.4. The molecule has 2 N–H and O–H groups in total. The van der Waals surface area contributed by atoms with Crippen molar-refractivity contribution in [3.63, 3.8) is 0 Å². The zero-order valence-corrected chi connectivity index (χ0v) is 9.03. The van der Waals surface area contributed by atoms with E-state index in [9.17, 15) is 8.42 Å². The quantitative estimate of drug-likeness (QED) is 0.748. The van der Waals surface area contributed by atoms with Gasteiger partial charge in [-0.25, -0.2) is 5.43 Å². The highest BCUT2D eigenvalue weighted by atomic mass is 32.2. The Kier molecular flexibility index (Phi) is 2.41. The van der Waals surface area contributed by atoms with Crippen molar-refractivity contribution < 1.29 is 13.0 Å². The number of nitrogens with zero attached hydrogens (tertiary/aromatic N) is 1. The lowest BCUT2D eigenvalue weighted by atomic mass is 10.1. The maximum Gasteiger partial charge on any atom is 0.373 e. The molecule has 82 valence electrons. The summed E-state index contributed by atoms with van der Waals surface area (Å²) in [6, 6.07) is 7.02. The van der Waals surface area contributed by atoms with Crippen molar-refractivity contribution in [2.75, 3.05) is 4.41 Å². The highest BCUT2D eigenvalue weighted by Gasteiger charge is 2.33. The molecule has 0 amide bonds. The summed E-state index contributed by atoms with van der Waals surface area (Å²) in [7, 11) is -4.24. The fourth-order valence-electron chi connectivity index (χ4n) is 1.75. The third-order valence-electron chi connectivity index (χ3n) is 2.44. The SMILES string of the molecule is CCC1NN(S(=O)(=O)O)c2ccccc21. The lowest BCUT2D eigenvalue weighted by Gasteiger charge is -2.15. The number of nitrogens with one attached hydrogen (secondary N) is 1. The molecule has 1 aromatic rings. The van der Waals surface area contributed by atoms with E-state index < -0.39 is 10.3 Å². The summed E-state index contributed by atoms with van der Waals surface area (Å²) in [6.07, 6.45) is 0.753. The molecule has 0 aliphatic carbocycles. The number of fused-ring (bicyclic) bond motifs is 1. The second kappa shape index (κ2) is 3.48. The Labute approximate surface area is 88.6 Å². The van der Waals surface area contributed by atoms with E-state index in [1.54, 1.807) is 12.1 Å². The highest BCUT2D eigenvalue weighted by molar-refractivity contribution is 7.87. The summed E-state index contributed by atoms with van der Waals surface area (Å²) in [6.45, 7) is 1.95. The molecule has 1 unspecified atom stereocenters. The van der Waals surface area contributed by atoms with Gasteiger partial charge < -0.3 is 0 Å². The molecule has 0 bridgehead atoms. The third kappa shape index (κ3) is 1.71. The zero-order valence-electron chi connectivity index (χ0n) is 8.21. The van der Waals surface area contributed by atoms with Crippen molar-refractivity contribution in [2.24, 2.45) is 0 Å². The molecule has 1 aliphatic heterocycles. The number of anilines is 1. The standard InChI is InChI=1S/C9H12N2O3S/c1-2-8-7-5-3-4-6-9(7)11(10-8)15(12,13)14/h3-6,8,10H,2H2,1H3,(H,12,13,14). The molecular weight excluding hydrogens is 216 g/mol. The van der Waals surface area contributed by atoms with Crippen molar-refractivity contribution in [2.45, 2.75) is 19.4 Å². The molecule has 0 saturated heterocycles. The van der Waals surface area contributed by atoms with Gasteiger partial charge in [-0.2, -0.15) is 12.8 Å². The van der Waals surface area contributed by atoms with Gasteiger partial charge in [0.15, 0.2) is 0 Å². The highest BCUT2D eigenvalue weighted by Crippen LogP contribution is 2.35. The Morgan fingerprint density at radius 3 is 2.73 bits per heavy atom. The van der Waals surface area contributed by atoms with Gasteiger partial charge in [0.25, 0.3) is 0 Å². The number of para-hydroxylation sites is 1. The first-order valence-electron chi connectivity index (χ1n) is 4.67. The first kappa shape index (κ1) is 10.4. The molecule has 0 saturated carbocycles. The molecule has 0 fully saturated rings. The summed E-state index contributed by atoms with van der Waals surface area (Å²) in [5.74, 6) is 0. The predicted octanol–water partition coefficient (Wildman–Crippen LogP) is 1.27. The van der Waals surface area contributed by atoms with Crippen LogP contribution in [0.25, 0.3) is 0 Å². The van der Waals surface area contributed by atoms with Crippen LogP contribution in [0, 0.1) is 0 Å². The molecule has 2 rings (SSSR count). The van der Waals surface area contributed by atoms with Gasteiger partial charge in [-0.05, 0) is 18.1 Å². The van der Waals surface area contributed by atoms with Gasteiger partial charge in [0.2, 0.25) is 0 Å². The second-order valence-electron chi connectivity index (χ2n) is 3.39. The fraction of sp³-hybridized carbons (Fsp3) is 0.333. The minimum atomic E-state index is -4.24. The molecular formula is C9H12N2O3S. The van der Waals surface area contributed by atoms with E-state index >= 15 is 0 Å². The van der Waals surface area contributed by atoms with Crippen LogP contribution in [0.5, 0.6) is 0 Å². The maximum absolute atomic E-state index is 11.1.